The first-order chi connectivity index (χ1) is 7.58. The van der Waals surface area contributed by atoms with Gasteiger partial charge in [-0.3, -0.25) is 4.79 Å². The van der Waals surface area contributed by atoms with E-state index in [1.165, 1.54) is 0 Å². The Morgan fingerprint density at radius 1 is 1.56 bits per heavy atom. The molecule has 16 heavy (non-hydrogen) atoms. The smallest absolute Gasteiger partial charge is 0.306 e. The van der Waals surface area contributed by atoms with E-state index in [2.05, 4.69) is 15.9 Å². The Hall–Kier alpha value is -1.03. The molecular weight excluding hydrogens is 272 g/mol. The van der Waals surface area contributed by atoms with Gasteiger partial charge in [0.05, 0.1) is 13.0 Å². The monoisotopic (exact) mass is 286 g/mol. The molecule has 88 valence electrons. The van der Waals surface area contributed by atoms with Gasteiger partial charge in [0.25, 0.3) is 0 Å². The minimum absolute atomic E-state index is 0.344. The molecule has 1 N–H and O–H groups in total. The summed E-state index contributed by atoms with van der Waals surface area (Å²) in [6.45, 7) is 1.88. The van der Waals surface area contributed by atoms with Crippen molar-refractivity contribution < 1.29 is 14.6 Å². The van der Waals surface area contributed by atoms with E-state index in [0.717, 1.165) is 15.8 Å². The van der Waals surface area contributed by atoms with Gasteiger partial charge in [0.15, 0.2) is 0 Å². The van der Waals surface area contributed by atoms with Crippen LogP contribution in [0.25, 0.3) is 0 Å². The molecule has 4 heteroatoms. The molecule has 0 saturated carbocycles. The van der Waals surface area contributed by atoms with Gasteiger partial charge in [-0.05, 0) is 36.6 Å². The Labute approximate surface area is 104 Å². The molecule has 1 rings (SSSR count). The van der Waals surface area contributed by atoms with Gasteiger partial charge in [-0.2, -0.15) is 0 Å². The van der Waals surface area contributed by atoms with Crippen LogP contribution >= 0.6 is 15.9 Å². The van der Waals surface area contributed by atoms with Crippen molar-refractivity contribution >= 4 is 21.9 Å². The summed E-state index contributed by atoms with van der Waals surface area (Å²) in [5, 5.41) is 9.01. The van der Waals surface area contributed by atoms with E-state index in [1.807, 2.05) is 25.1 Å². The van der Waals surface area contributed by atoms with Crippen LogP contribution in [0.1, 0.15) is 18.9 Å². The summed E-state index contributed by atoms with van der Waals surface area (Å²) in [6, 6.07) is 5.59. The van der Waals surface area contributed by atoms with Crippen LogP contribution in [0.2, 0.25) is 0 Å². The van der Waals surface area contributed by atoms with Crippen LogP contribution in [0.15, 0.2) is 22.7 Å². The zero-order chi connectivity index (χ0) is 12.1. The fourth-order valence-corrected chi connectivity index (χ4v) is 1.91. The number of ether oxygens (including phenoxy) is 1. The topological polar surface area (TPSA) is 46.5 Å². The molecule has 0 fully saturated rings. The van der Waals surface area contributed by atoms with E-state index >= 15 is 0 Å². The van der Waals surface area contributed by atoms with Crippen LogP contribution in [-0.4, -0.2) is 18.2 Å². The predicted octanol–water partition coefficient (Wildman–Crippen LogP) is 3.11. The SMILES string of the molecule is CCC(Cc1cc(OC)ccc1Br)C(=O)O. The summed E-state index contributed by atoms with van der Waals surface area (Å²) < 4.78 is 6.04. The van der Waals surface area contributed by atoms with Gasteiger partial charge in [-0.1, -0.05) is 22.9 Å². The number of carboxylic acids is 1. The van der Waals surface area contributed by atoms with Gasteiger partial charge in [0, 0.05) is 4.47 Å². The second-order valence-corrected chi connectivity index (χ2v) is 4.46. The number of hydrogen-bond acceptors (Lipinski definition) is 2. The molecule has 0 radical (unpaired) electrons. The first-order valence-electron chi connectivity index (χ1n) is 5.13. The highest BCUT2D eigenvalue weighted by molar-refractivity contribution is 9.10. The van der Waals surface area contributed by atoms with Gasteiger partial charge in [-0.25, -0.2) is 0 Å². The highest BCUT2D eigenvalue weighted by Gasteiger charge is 2.17. The van der Waals surface area contributed by atoms with Crippen molar-refractivity contribution in [1.82, 2.24) is 0 Å². The van der Waals surface area contributed by atoms with E-state index in [4.69, 9.17) is 9.84 Å². The average molecular weight is 287 g/mol. The molecule has 0 saturated heterocycles. The zero-order valence-corrected chi connectivity index (χ0v) is 11.0. The molecule has 1 aromatic rings. The standard InChI is InChI=1S/C12H15BrO3/c1-3-8(12(14)15)6-9-7-10(16-2)4-5-11(9)13/h4-5,7-8H,3,6H2,1-2H3,(H,14,15). The normalized spacial score (nSPS) is 12.2. The van der Waals surface area contributed by atoms with Crippen LogP contribution in [0.5, 0.6) is 5.75 Å². The molecule has 1 unspecified atom stereocenters. The Morgan fingerprint density at radius 3 is 2.75 bits per heavy atom. The van der Waals surface area contributed by atoms with Crippen LogP contribution < -0.4 is 4.74 Å². The summed E-state index contributed by atoms with van der Waals surface area (Å²) >= 11 is 3.42. The summed E-state index contributed by atoms with van der Waals surface area (Å²) in [6.07, 6.45) is 1.14. The number of carboxylic acid groups (broad SMARTS) is 1. The van der Waals surface area contributed by atoms with Crippen LogP contribution in [0, 0.1) is 5.92 Å². The summed E-state index contributed by atoms with van der Waals surface area (Å²) in [5.41, 5.74) is 0.966. The van der Waals surface area contributed by atoms with Gasteiger partial charge in [0.1, 0.15) is 5.75 Å². The fraction of sp³-hybridized carbons (Fsp3) is 0.417. The Morgan fingerprint density at radius 2 is 2.25 bits per heavy atom. The fourth-order valence-electron chi connectivity index (χ4n) is 1.51. The Bertz CT molecular complexity index is 377. The van der Waals surface area contributed by atoms with E-state index in [9.17, 15) is 4.79 Å². The minimum atomic E-state index is -0.753. The second kappa shape index (κ2) is 5.89. The molecule has 0 bridgehead atoms. The van der Waals surface area contributed by atoms with Crippen LogP contribution in [-0.2, 0) is 11.2 Å². The predicted molar refractivity (Wildman–Crippen MR) is 65.8 cm³/mol. The van der Waals surface area contributed by atoms with Gasteiger partial charge in [0.2, 0.25) is 0 Å². The van der Waals surface area contributed by atoms with Crippen molar-refractivity contribution in [3.05, 3.63) is 28.2 Å². The van der Waals surface area contributed by atoms with Gasteiger partial charge in [-0.15, -0.1) is 0 Å². The number of hydrogen-bond donors (Lipinski definition) is 1. The molecule has 0 amide bonds. The number of aliphatic carboxylic acids is 1. The lowest BCUT2D eigenvalue weighted by atomic mass is 9.97. The minimum Gasteiger partial charge on any atom is -0.497 e. The first-order valence-corrected chi connectivity index (χ1v) is 5.93. The summed E-state index contributed by atoms with van der Waals surface area (Å²) in [4.78, 5) is 11.0. The van der Waals surface area contributed by atoms with Crippen molar-refractivity contribution in [2.75, 3.05) is 7.11 Å². The lowest BCUT2D eigenvalue weighted by Crippen LogP contribution is -2.15. The number of halogens is 1. The van der Waals surface area contributed by atoms with Crippen molar-refractivity contribution in [2.24, 2.45) is 5.92 Å². The number of benzene rings is 1. The quantitative estimate of drug-likeness (QED) is 0.905. The van der Waals surface area contributed by atoms with Crippen molar-refractivity contribution in [1.29, 1.82) is 0 Å². The van der Waals surface area contributed by atoms with Crippen LogP contribution in [0.4, 0.5) is 0 Å². The molecule has 1 atom stereocenters. The largest absolute Gasteiger partial charge is 0.497 e. The van der Waals surface area contributed by atoms with Crippen molar-refractivity contribution in [3.8, 4) is 5.75 Å². The lowest BCUT2D eigenvalue weighted by Gasteiger charge is -2.12. The Balaban J connectivity index is 2.90. The number of rotatable bonds is 5. The van der Waals surface area contributed by atoms with Crippen molar-refractivity contribution in [2.45, 2.75) is 19.8 Å². The zero-order valence-electron chi connectivity index (χ0n) is 9.37. The highest BCUT2D eigenvalue weighted by Crippen LogP contribution is 2.25. The van der Waals surface area contributed by atoms with E-state index < -0.39 is 5.97 Å². The maximum Gasteiger partial charge on any atom is 0.306 e. The third kappa shape index (κ3) is 3.23. The molecule has 0 aliphatic rings. The third-order valence-corrected chi connectivity index (χ3v) is 3.33. The number of methoxy groups -OCH3 is 1. The summed E-state index contributed by atoms with van der Waals surface area (Å²) in [7, 11) is 1.60. The maximum atomic E-state index is 11.0. The lowest BCUT2D eigenvalue weighted by molar-refractivity contribution is -0.141. The third-order valence-electron chi connectivity index (χ3n) is 2.56. The first kappa shape index (κ1) is 13.0. The van der Waals surface area contributed by atoms with Crippen molar-refractivity contribution in [3.63, 3.8) is 0 Å². The molecular formula is C12H15BrO3. The molecule has 1 aromatic carbocycles. The Kier molecular flexibility index (Phi) is 4.80. The molecule has 0 aromatic heterocycles. The summed E-state index contributed by atoms with van der Waals surface area (Å²) in [5.74, 6) is -0.348. The molecule has 0 heterocycles. The van der Waals surface area contributed by atoms with Gasteiger partial charge >= 0.3 is 5.97 Å². The van der Waals surface area contributed by atoms with E-state index in [1.54, 1.807) is 7.11 Å². The molecule has 0 aliphatic carbocycles. The van der Waals surface area contributed by atoms with E-state index in [-0.39, 0.29) is 5.92 Å². The maximum absolute atomic E-state index is 11.0. The second-order valence-electron chi connectivity index (χ2n) is 3.60. The van der Waals surface area contributed by atoms with Gasteiger partial charge < -0.3 is 9.84 Å². The number of carbonyl (C=O) groups is 1. The van der Waals surface area contributed by atoms with Crippen LogP contribution in [0.3, 0.4) is 0 Å². The molecule has 0 aliphatic heterocycles. The molecule has 0 spiro atoms. The highest BCUT2D eigenvalue weighted by atomic mass is 79.9. The van der Waals surface area contributed by atoms with E-state index in [0.29, 0.717) is 12.8 Å². The average Bonchev–Trinajstić information content (AvgIpc) is 2.27. The molecule has 3 nitrogen and oxygen atoms in total.